The van der Waals surface area contributed by atoms with Crippen LogP contribution in [0.1, 0.15) is 23.5 Å². The Labute approximate surface area is 162 Å². The Morgan fingerprint density at radius 1 is 1.21 bits per heavy atom. The second-order valence-corrected chi connectivity index (χ2v) is 6.57. The fourth-order valence-corrected chi connectivity index (χ4v) is 3.09. The average molecular weight is 378 g/mol. The topological polar surface area (TPSA) is 117 Å². The van der Waals surface area contributed by atoms with Crippen molar-refractivity contribution >= 4 is 23.2 Å². The molecule has 7 heteroatoms. The molecule has 0 saturated carbocycles. The zero-order chi connectivity index (χ0) is 20.1. The minimum absolute atomic E-state index is 0.0419. The highest BCUT2D eigenvalue weighted by Crippen LogP contribution is 2.27. The van der Waals surface area contributed by atoms with Gasteiger partial charge in [0, 0.05) is 6.42 Å². The van der Waals surface area contributed by atoms with E-state index >= 15 is 0 Å². The summed E-state index contributed by atoms with van der Waals surface area (Å²) in [5.74, 6) is 3.83. The lowest BCUT2D eigenvalue weighted by Crippen LogP contribution is -2.36. The van der Waals surface area contributed by atoms with Gasteiger partial charge in [0.1, 0.15) is 11.3 Å². The number of hydrazine groups is 1. The summed E-state index contributed by atoms with van der Waals surface area (Å²) < 4.78 is 0. The van der Waals surface area contributed by atoms with Gasteiger partial charge < -0.3 is 10.4 Å². The van der Waals surface area contributed by atoms with E-state index in [0.717, 1.165) is 11.1 Å². The van der Waals surface area contributed by atoms with Crippen LogP contribution in [0.4, 0.5) is 5.69 Å². The number of rotatable bonds is 6. The maximum absolute atomic E-state index is 12.5. The number of aliphatic hydroxyl groups excluding tert-OH is 1. The van der Waals surface area contributed by atoms with Crippen molar-refractivity contribution in [1.29, 1.82) is 0 Å². The summed E-state index contributed by atoms with van der Waals surface area (Å²) in [6.07, 6.45) is 0.105. The largest absolute Gasteiger partial charge is 0.510 e. The number of aliphatic hydroxyl groups is 1. The molecular weight excluding hydrogens is 356 g/mol. The van der Waals surface area contributed by atoms with Gasteiger partial charge in [-0.2, -0.15) is 0 Å². The van der Waals surface area contributed by atoms with Crippen molar-refractivity contribution in [3.8, 4) is 0 Å². The van der Waals surface area contributed by atoms with Gasteiger partial charge in [-0.15, -0.1) is 0 Å². The lowest BCUT2D eigenvalue weighted by molar-refractivity contribution is -0.122. The van der Waals surface area contributed by atoms with Crippen LogP contribution in [0.15, 0.2) is 70.9 Å². The molecule has 2 amide bonds. The van der Waals surface area contributed by atoms with Gasteiger partial charge in [0.15, 0.2) is 0 Å². The predicted molar refractivity (Wildman–Crippen MR) is 107 cm³/mol. The van der Waals surface area contributed by atoms with E-state index in [0.29, 0.717) is 11.4 Å². The first-order valence-electron chi connectivity index (χ1n) is 8.90. The standard InChI is InChI=1S/C21H22N4O3/c1-13-7-9-14(10-8-13)16(20(27)25-22)11-17(19-18(26)12-23-21(19)28)24-15-5-3-2-4-6-15/h2-10,16,26H,11-12,22H2,1H3,(H,23,28)(H,25,27). The Morgan fingerprint density at radius 3 is 2.46 bits per heavy atom. The molecule has 144 valence electrons. The van der Waals surface area contributed by atoms with Gasteiger partial charge in [-0.1, -0.05) is 48.0 Å². The Bertz CT molecular complexity index is 934. The van der Waals surface area contributed by atoms with E-state index in [1.54, 1.807) is 12.1 Å². The molecule has 0 saturated heterocycles. The Kier molecular flexibility index (Phi) is 5.86. The van der Waals surface area contributed by atoms with Gasteiger partial charge in [0.2, 0.25) is 5.91 Å². The highest BCUT2D eigenvalue weighted by Gasteiger charge is 2.31. The second-order valence-electron chi connectivity index (χ2n) is 6.57. The monoisotopic (exact) mass is 378 g/mol. The molecule has 2 aromatic carbocycles. The molecule has 0 spiro atoms. The SMILES string of the molecule is Cc1ccc(C(CC(=Nc2ccccc2)C2=C(O)CNC2=O)C(=O)NN)cc1. The molecule has 0 fully saturated rings. The molecule has 28 heavy (non-hydrogen) atoms. The smallest absolute Gasteiger partial charge is 0.257 e. The van der Waals surface area contributed by atoms with Crippen molar-refractivity contribution in [1.82, 2.24) is 10.7 Å². The number of aryl methyl sites for hydroxylation is 1. The quantitative estimate of drug-likeness (QED) is 0.267. The van der Waals surface area contributed by atoms with Gasteiger partial charge in [0.25, 0.3) is 5.91 Å². The van der Waals surface area contributed by atoms with Gasteiger partial charge in [0.05, 0.1) is 23.9 Å². The summed E-state index contributed by atoms with van der Waals surface area (Å²) in [5, 5.41) is 12.8. The van der Waals surface area contributed by atoms with Crippen molar-refractivity contribution in [2.75, 3.05) is 6.54 Å². The van der Waals surface area contributed by atoms with Crippen LogP contribution in [0.2, 0.25) is 0 Å². The molecule has 7 nitrogen and oxygen atoms in total. The number of nitrogens with one attached hydrogen (secondary N) is 2. The second kappa shape index (κ2) is 8.49. The third-order valence-corrected chi connectivity index (χ3v) is 4.58. The molecule has 1 atom stereocenters. The van der Waals surface area contributed by atoms with Crippen LogP contribution in [0.3, 0.4) is 0 Å². The van der Waals surface area contributed by atoms with Crippen molar-refractivity contribution in [2.24, 2.45) is 10.8 Å². The molecule has 1 heterocycles. The first-order valence-corrected chi connectivity index (χ1v) is 8.90. The van der Waals surface area contributed by atoms with E-state index < -0.39 is 17.7 Å². The fraction of sp³-hybridized carbons (Fsp3) is 0.190. The first-order chi connectivity index (χ1) is 13.5. The molecule has 0 aromatic heterocycles. The van der Waals surface area contributed by atoms with E-state index in [9.17, 15) is 14.7 Å². The molecule has 5 N–H and O–H groups in total. The molecule has 1 unspecified atom stereocenters. The predicted octanol–water partition coefficient (Wildman–Crippen LogP) is 2.17. The number of carbonyl (C=O) groups excluding carboxylic acids is 2. The summed E-state index contributed by atoms with van der Waals surface area (Å²) in [7, 11) is 0. The molecule has 2 aromatic rings. The van der Waals surface area contributed by atoms with Crippen LogP contribution >= 0.6 is 0 Å². The fourth-order valence-electron chi connectivity index (χ4n) is 3.09. The Balaban J connectivity index is 2.05. The van der Waals surface area contributed by atoms with Crippen LogP contribution in [-0.2, 0) is 9.59 Å². The summed E-state index contributed by atoms with van der Waals surface area (Å²) in [4.78, 5) is 29.3. The van der Waals surface area contributed by atoms with Crippen molar-refractivity contribution in [3.63, 3.8) is 0 Å². The molecule has 0 radical (unpaired) electrons. The maximum atomic E-state index is 12.5. The number of benzene rings is 2. The van der Waals surface area contributed by atoms with Crippen LogP contribution in [0.25, 0.3) is 0 Å². The van der Waals surface area contributed by atoms with Gasteiger partial charge in [-0.05, 0) is 24.6 Å². The number of carbonyl (C=O) groups is 2. The number of hydrogen-bond donors (Lipinski definition) is 4. The van der Waals surface area contributed by atoms with E-state index in [1.807, 2.05) is 49.4 Å². The van der Waals surface area contributed by atoms with Gasteiger partial charge in [-0.25, -0.2) is 5.84 Å². The molecule has 1 aliphatic heterocycles. The maximum Gasteiger partial charge on any atom is 0.257 e. The zero-order valence-corrected chi connectivity index (χ0v) is 15.5. The number of para-hydroxylation sites is 1. The molecule has 0 bridgehead atoms. The van der Waals surface area contributed by atoms with E-state index in [4.69, 9.17) is 5.84 Å². The number of nitrogens with zero attached hydrogens (tertiary/aromatic N) is 1. The number of aliphatic imine (C=N–C) groups is 1. The van der Waals surface area contributed by atoms with Gasteiger partial charge >= 0.3 is 0 Å². The highest BCUT2D eigenvalue weighted by molar-refractivity contribution is 6.24. The lowest BCUT2D eigenvalue weighted by atomic mass is 9.89. The molecule has 3 rings (SSSR count). The van der Waals surface area contributed by atoms with Crippen molar-refractivity contribution in [3.05, 3.63) is 77.1 Å². The third kappa shape index (κ3) is 4.27. The molecule has 1 aliphatic rings. The number of amides is 2. The van der Waals surface area contributed by atoms with Crippen LogP contribution < -0.4 is 16.6 Å². The number of nitrogens with two attached hydrogens (primary N) is 1. The third-order valence-electron chi connectivity index (χ3n) is 4.58. The minimum atomic E-state index is -0.665. The summed E-state index contributed by atoms with van der Waals surface area (Å²) in [6.45, 7) is 2.00. The van der Waals surface area contributed by atoms with Crippen molar-refractivity contribution in [2.45, 2.75) is 19.3 Å². The van der Waals surface area contributed by atoms with Crippen LogP contribution in [0, 0.1) is 6.92 Å². The Morgan fingerprint density at radius 2 is 1.89 bits per heavy atom. The average Bonchev–Trinajstić information content (AvgIpc) is 3.04. The van der Waals surface area contributed by atoms with Crippen LogP contribution in [-0.4, -0.2) is 29.2 Å². The summed E-state index contributed by atoms with van der Waals surface area (Å²) >= 11 is 0. The van der Waals surface area contributed by atoms with E-state index in [1.165, 1.54) is 0 Å². The number of hydrogen-bond acceptors (Lipinski definition) is 5. The van der Waals surface area contributed by atoms with Crippen LogP contribution in [0.5, 0.6) is 0 Å². The van der Waals surface area contributed by atoms with E-state index in [2.05, 4.69) is 15.7 Å². The normalized spacial score (nSPS) is 15.4. The van der Waals surface area contributed by atoms with Gasteiger partial charge in [-0.3, -0.25) is 20.0 Å². The highest BCUT2D eigenvalue weighted by atomic mass is 16.3. The van der Waals surface area contributed by atoms with E-state index in [-0.39, 0.29) is 24.3 Å². The van der Waals surface area contributed by atoms with Crippen molar-refractivity contribution < 1.29 is 14.7 Å². The Hall–Kier alpha value is -3.45. The summed E-state index contributed by atoms with van der Waals surface area (Å²) in [5.41, 5.74) is 5.04. The minimum Gasteiger partial charge on any atom is -0.510 e. The molecule has 0 aliphatic carbocycles. The lowest BCUT2D eigenvalue weighted by Gasteiger charge is -2.18. The molecular formula is C21H22N4O3. The zero-order valence-electron chi connectivity index (χ0n) is 15.5. The summed E-state index contributed by atoms with van der Waals surface area (Å²) in [6, 6.07) is 16.6. The first kappa shape index (κ1) is 19.3.